The largest absolute Gasteiger partial charge is 0.317 e. The van der Waals surface area contributed by atoms with Crippen molar-refractivity contribution in [3.05, 3.63) is 93.8 Å². The zero-order valence-electron chi connectivity index (χ0n) is 18.2. The standard InChI is InChI=1S/C24H18N2O5S.Na/c1-14-7-3-6-10-20(14)32(29,30)31-25-18-11-12-19-22-17(13-21(27)26(19)2)15-8-4-5-9-16(15)24(28)23(18)22;/h3-13,25H,1-2H3;. The van der Waals surface area contributed by atoms with Crippen molar-refractivity contribution in [1.82, 2.24) is 4.57 Å². The van der Waals surface area contributed by atoms with E-state index in [1.165, 1.54) is 16.7 Å². The van der Waals surface area contributed by atoms with E-state index in [0.29, 0.717) is 33.2 Å². The number of aromatic nitrogens is 1. The fraction of sp³-hybridized carbons (Fsp3) is 0.0833. The molecule has 1 N–H and O–H groups in total. The summed E-state index contributed by atoms with van der Waals surface area (Å²) in [5.41, 5.74) is 5.57. The van der Waals surface area contributed by atoms with Gasteiger partial charge in [-0.25, -0.2) is 5.48 Å². The average molecular weight is 469 g/mol. The fourth-order valence-corrected chi connectivity index (χ4v) is 5.12. The van der Waals surface area contributed by atoms with E-state index in [-0.39, 0.29) is 57.0 Å². The number of hydrogen-bond acceptors (Lipinski definition) is 6. The van der Waals surface area contributed by atoms with Crippen LogP contribution in [0.15, 0.2) is 76.4 Å². The van der Waals surface area contributed by atoms with Crippen LogP contribution in [-0.2, 0) is 21.4 Å². The van der Waals surface area contributed by atoms with Crippen molar-refractivity contribution >= 4 is 62.0 Å². The molecule has 5 rings (SSSR count). The minimum atomic E-state index is -4.13. The van der Waals surface area contributed by atoms with Gasteiger partial charge in [0.05, 0.1) is 21.7 Å². The second-order valence-corrected chi connectivity index (χ2v) is 9.13. The molecule has 161 valence electrons. The molecule has 9 heteroatoms. The molecule has 7 nitrogen and oxygen atoms in total. The van der Waals surface area contributed by atoms with Crippen LogP contribution in [0.25, 0.3) is 22.0 Å². The first-order valence-corrected chi connectivity index (χ1v) is 11.3. The molecule has 1 aliphatic rings. The second kappa shape index (κ2) is 8.55. The molecule has 1 heterocycles. The van der Waals surface area contributed by atoms with Crippen LogP contribution >= 0.6 is 0 Å². The van der Waals surface area contributed by atoms with E-state index < -0.39 is 10.1 Å². The van der Waals surface area contributed by atoms with Gasteiger partial charge >= 0.3 is 10.1 Å². The number of aryl methyl sites for hydroxylation is 2. The molecule has 0 amide bonds. The van der Waals surface area contributed by atoms with E-state index in [9.17, 15) is 18.0 Å². The smallest absolute Gasteiger partial charge is 0.311 e. The van der Waals surface area contributed by atoms with Crippen molar-refractivity contribution < 1.29 is 17.5 Å². The van der Waals surface area contributed by atoms with Gasteiger partial charge in [0.15, 0.2) is 5.78 Å². The molecule has 0 aliphatic heterocycles. The number of ketones is 1. The number of pyridine rings is 1. The van der Waals surface area contributed by atoms with Gasteiger partial charge in [-0.15, -0.1) is 4.28 Å². The Kier molecular flexibility index (Phi) is 6.07. The molecule has 1 aromatic heterocycles. The van der Waals surface area contributed by atoms with E-state index >= 15 is 0 Å². The molecule has 3 aromatic carbocycles. The van der Waals surface area contributed by atoms with Crippen molar-refractivity contribution in [3.8, 4) is 11.1 Å². The van der Waals surface area contributed by atoms with E-state index in [4.69, 9.17) is 4.28 Å². The predicted molar refractivity (Wildman–Crippen MR) is 127 cm³/mol. The summed E-state index contributed by atoms with van der Waals surface area (Å²) in [6.45, 7) is 1.67. The Labute approximate surface area is 212 Å². The van der Waals surface area contributed by atoms with Crippen LogP contribution in [0.3, 0.4) is 0 Å². The topological polar surface area (TPSA) is 94.5 Å². The Balaban J connectivity index is 0.00000259. The van der Waals surface area contributed by atoms with Crippen LogP contribution < -0.4 is 11.0 Å². The summed E-state index contributed by atoms with van der Waals surface area (Å²) in [4.78, 5) is 26.0. The minimum Gasteiger partial charge on any atom is -0.311 e. The van der Waals surface area contributed by atoms with Gasteiger partial charge in [0.2, 0.25) is 0 Å². The molecular weight excluding hydrogens is 451 g/mol. The Morgan fingerprint density at radius 2 is 1.55 bits per heavy atom. The molecule has 0 unspecified atom stereocenters. The van der Waals surface area contributed by atoms with Crippen LogP contribution in [0.5, 0.6) is 0 Å². The molecule has 0 atom stereocenters. The Morgan fingerprint density at radius 3 is 2.27 bits per heavy atom. The van der Waals surface area contributed by atoms with Gasteiger partial charge in [-0.1, -0.05) is 42.5 Å². The first kappa shape index (κ1) is 23.4. The number of hydrogen-bond donors (Lipinski definition) is 1. The van der Waals surface area contributed by atoms with Gasteiger partial charge in [-0.3, -0.25) is 9.59 Å². The molecule has 33 heavy (non-hydrogen) atoms. The van der Waals surface area contributed by atoms with Gasteiger partial charge in [0.25, 0.3) is 5.56 Å². The van der Waals surface area contributed by atoms with Gasteiger partial charge in [0.1, 0.15) is 0 Å². The Hall–Kier alpha value is -2.75. The molecule has 0 saturated carbocycles. The summed E-state index contributed by atoms with van der Waals surface area (Å²) in [5.74, 6) is -0.281. The predicted octanol–water partition coefficient (Wildman–Crippen LogP) is 3.41. The SMILES string of the molecule is Cc1ccccc1S(=O)(=O)ONc1ccc2c3c(cc(=O)n2C)-c2ccccc2C(=O)c13.[Na]. The number of benzene rings is 3. The number of rotatable bonds is 4. The van der Waals surface area contributed by atoms with E-state index in [2.05, 4.69) is 5.48 Å². The second-order valence-electron chi connectivity index (χ2n) is 7.62. The van der Waals surface area contributed by atoms with Crippen LogP contribution in [0, 0.1) is 6.92 Å². The third-order valence-electron chi connectivity index (χ3n) is 5.73. The number of carbonyl (C=O) groups is 1. The molecule has 4 aromatic rings. The van der Waals surface area contributed by atoms with Crippen molar-refractivity contribution in [2.45, 2.75) is 11.8 Å². The molecule has 0 spiro atoms. The van der Waals surface area contributed by atoms with Gasteiger partial charge < -0.3 is 4.57 Å². The Morgan fingerprint density at radius 1 is 0.879 bits per heavy atom. The van der Waals surface area contributed by atoms with Gasteiger partial charge in [0, 0.05) is 53.6 Å². The first-order valence-electron chi connectivity index (χ1n) is 9.85. The van der Waals surface area contributed by atoms with Crippen LogP contribution in [0.1, 0.15) is 21.5 Å². The number of carbonyl (C=O) groups excluding carboxylic acids is 1. The van der Waals surface area contributed by atoms with Crippen molar-refractivity contribution in [2.75, 3.05) is 5.48 Å². The van der Waals surface area contributed by atoms with Crippen LogP contribution in [0.2, 0.25) is 0 Å². The number of anilines is 1. The zero-order chi connectivity index (χ0) is 22.6. The number of nitrogens with one attached hydrogen (secondary N) is 1. The van der Waals surface area contributed by atoms with Gasteiger partial charge in [-0.05, 0) is 41.8 Å². The molecule has 0 bridgehead atoms. The van der Waals surface area contributed by atoms with Crippen molar-refractivity contribution in [3.63, 3.8) is 0 Å². The van der Waals surface area contributed by atoms with Gasteiger partial charge in [-0.2, -0.15) is 8.42 Å². The summed E-state index contributed by atoms with van der Waals surface area (Å²) in [6.07, 6.45) is 0. The minimum absolute atomic E-state index is 0. The third kappa shape index (κ3) is 3.74. The zero-order valence-corrected chi connectivity index (χ0v) is 21.1. The Bertz CT molecular complexity index is 1610. The maximum Gasteiger partial charge on any atom is 0.317 e. The maximum absolute atomic E-state index is 13.4. The summed E-state index contributed by atoms with van der Waals surface area (Å²) in [7, 11) is -2.50. The third-order valence-corrected chi connectivity index (χ3v) is 7.03. The quantitative estimate of drug-likeness (QED) is 0.320. The van der Waals surface area contributed by atoms with Crippen molar-refractivity contribution in [1.29, 1.82) is 0 Å². The molecular formula is C24H18N2NaO5S. The summed E-state index contributed by atoms with van der Waals surface area (Å²) in [5, 5.41) is 0.567. The number of fused-ring (bicyclic) bond motifs is 2. The fourth-order valence-electron chi connectivity index (χ4n) is 4.12. The van der Waals surface area contributed by atoms with E-state index in [1.54, 1.807) is 68.6 Å². The monoisotopic (exact) mass is 469 g/mol. The van der Waals surface area contributed by atoms with Crippen molar-refractivity contribution in [2.24, 2.45) is 7.05 Å². The van der Waals surface area contributed by atoms with E-state index in [1.807, 2.05) is 0 Å². The van der Waals surface area contributed by atoms with Crippen LogP contribution in [0.4, 0.5) is 5.69 Å². The normalized spacial score (nSPS) is 12.2. The number of nitrogens with zero attached hydrogens (tertiary/aromatic N) is 1. The van der Waals surface area contributed by atoms with Crippen LogP contribution in [-0.4, -0.2) is 48.3 Å². The average Bonchev–Trinajstić information content (AvgIpc) is 2.79. The maximum atomic E-state index is 13.4. The summed E-state index contributed by atoms with van der Waals surface area (Å²) < 4.78 is 32.1. The molecule has 1 radical (unpaired) electrons. The molecule has 1 aliphatic carbocycles. The molecule has 0 fully saturated rings. The molecule has 0 saturated heterocycles. The first-order chi connectivity index (χ1) is 15.3. The summed E-state index contributed by atoms with van der Waals surface area (Å²) >= 11 is 0. The summed E-state index contributed by atoms with van der Waals surface area (Å²) in [6, 6.07) is 18.2. The van der Waals surface area contributed by atoms with E-state index in [0.717, 1.165) is 0 Å².